The molecule has 6 nitrogen and oxygen atoms in total. The molecule has 0 spiro atoms. The molecule has 0 radical (unpaired) electrons. The fourth-order valence-corrected chi connectivity index (χ4v) is 3.02. The molecule has 2 aromatic rings. The summed E-state index contributed by atoms with van der Waals surface area (Å²) in [5, 5.41) is 11.0. The van der Waals surface area contributed by atoms with E-state index in [1.165, 1.54) is 29.8 Å². The van der Waals surface area contributed by atoms with Gasteiger partial charge < -0.3 is 10.2 Å². The van der Waals surface area contributed by atoms with E-state index in [0.717, 1.165) is 37.2 Å². The lowest BCUT2D eigenvalue weighted by Gasteiger charge is -2.15. The van der Waals surface area contributed by atoms with Crippen molar-refractivity contribution in [2.45, 2.75) is 39.0 Å². The van der Waals surface area contributed by atoms with Gasteiger partial charge in [-0.05, 0) is 38.2 Å². The number of hydrogen-bond donors (Lipinski definition) is 2. The van der Waals surface area contributed by atoms with Gasteiger partial charge in [0.2, 0.25) is 5.95 Å². The van der Waals surface area contributed by atoms with Crippen molar-refractivity contribution in [2.24, 2.45) is 0 Å². The summed E-state index contributed by atoms with van der Waals surface area (Å²) < 4.78 is 0. The average Bonchev–Trinajstić information content (AvgIpc) is 2.92. The summed E-state index contributed by atoms with van der Waals surface area (Å²) >= 11 is 0. The minimum absolute atomic E-state index is 0.679. The molecule has 0 aromatic carbocycles. The Morgan fingerprint density at radius 1 is 1.27 bits per heavy atom. The van der Waals surface area contributed by atoms with Crippen molar-refractivity contribution in [1.29, 1.82) is 0 Å². The molecule has 22 heavy (non-hydrogen) atoms. The largest absolute Gasteiger partial charge is 0.362 e. The van der Waals surface area contributed by atoms with Gasteiger partial charge in [0.1, 0.15) is 5.82 Å². The zero-order chi connectivity index (χ0) is 15.5. The molecule has 0 atom stereocenters. The number of aromatic nitrogens is 4. The van der Waals surface area contributed by atoms with Crippen molar-refractivity contribution in [2.75, 3.05) is 30.9 Å². The first-order valence-electron chi connectivity index (χ1n) is 7.95. The van der Waals surface area contributed by atoms with Crippen molar-refractivity contribution in [3.05, 3.63) is 28.7 Å². The predicted molar refractivity (Wildman–Crippen MR) is 88.5 cm³/mol. The molecule has 0 bridgehead atoms. The minimum Gasteiger partial charge on any atom is -0.362 e. The summed E-state index contributed by atoms with van der Waals surface area (Å²) in [5.41, 5.74) is 5.05. The molecular weight excluding hydrogens is 276 g/mol. The molecular formula is C16H24N6. The maximum atomic E-state index is 4.55. The third kappa shape index (κ3) is 3.05. The van der Waals surface area contributed by atoms with E-state index in [1.807, 2.05) is 32.1 Å². The van der Waals surface area contributed by atoms with Gasteiger partial charge in [0.25, 0.3) is 0 Å². The molecule has 1 aliphatic rings. The van der Waals surface area contributed by atoms with Crippen molar-refractivity contribution in [3.8, 4) is 0 Å². The van der Waals surface area contributed by atoms with E-state index in [-0.39, 0.29) is 0 Å². The number of anilines is 2. The highest BCUT2D eigenvalue weighted by Crippen LogP contribution is 2.22. The van der Waals surface area contributed by atoms with Gasteiger partial charge in [0, 0.05) is 44.5 Å². The van der Waals surface area contributed by atoms with E-state index in [4.69, 9.17) is 0 Å². The molecule has 0 saturated carbocycles. The predicted octanol–water partition coefficient (Wildman–Crippen LogP) is 2.11. The summed E-state index contributed by atoms with van der Waals surface area (Å²) in [6.07, 6.45) is 7.62. The van der Waals surface area contributed by atoms with Crippen LogP contribution in [0.5, 0.6) is 0 Å². The minimum atomic E-state index is 0.679. The molecule has 6 heteroatoms. The van der Waals surface area contributed by atoms with Gasteiger partial charge in [-0.1, -0.05) is 0 Å². The second kappa shape index (κ2) is 6.34. The van der Waals surface area contributed by atoms with Crippen LogP contribution in [0.25, 0.3) is 0 Å². The highest BCUT2D eigenvalue weighted by molar-refractivity contribution is 5.47. The Balaban J connectivity index is 1.61. The molecule has 0 aliphatic heterocycles. The van der Waals surface area contributed by atoms with Gasteiger partial charge in [-0.2, -0.15) is 10.1 Å². The van der Waals surface area contributed by atoms with E-state index in [2.05, 4.69) is 25.5 Å². The highest BCUT2D eigenvalue weighted by Gasteiger charge is 2.16. The monoisotopic (exact) mass is 300 g/mol. The molecule has 118 valence electrons. The van der Waals surface area contributed by atoms with Crippen LogP contribution in [0.3, 0.4) is 0 Å². The van der Waals surface area contributed by atoms with Crippen LogP contribution < -0.4 is 10.2 Å². The normalized spacial score (nSPS) is 13.8. The van der Waals surface area contributed by atoms with Gasteiger partial charge in [-0.25, -0.2) is 4.98 Å². The smallest absolute Gasteiger partial charge is 0.224 e. The highest BCUT2D eigenvalue weighted by atomic mass is 15.2. The zero-order valence-electron chi connectivity index (χ0n) is 13.6. The molecule has 0 saturated heterocycles. The van der Waals surface area contributed by atoms with Gasteiger partial charge in [0.05, 0.1) is 5.69 Å². The second-order valence-electron chi connectivity index (χ2n) is 6.11. The number of fused-ring (bicyclic) bond motifs is 1. The lowest BCUT2D eigenvalue weighted by atomic mass is 9.95. The van der Waals surface area contributed by atoms with Crippen molar-refractivity contribution >= 4 is 11.8 Å². The number of H-pyrrole nitrogens is 1. The fourth-order valence-electron chi connectivity index (χ4n) is 3.02. The van der Waals surface area contributed by atoms with Gasteiger partial charge in [-0.15, -0.1) is 0 Å². The van der Waals surface area contributed by atoms with E-state index >= 15 is 0 Å². The molecule has 3 rings (SSSR count). The van der Waals surface area contributed by atoms with Gasteiger partial charge >= 0.3 is 0 Å². The van der Waals surface area contributed by atoms with Gasteiger partial charge in [-0.3, -0.25) is 5.10 Å². The first-order valence-corrected chi connectivity index (χ1v) is 7.95. The Bertz CT molecular complexity index is 646. The quantitative estimate of drug-likeness (QED) is 0.885. The summed E-state index contributed by atoms with van der Waals surface area (Å²) in [5.74, 6) is 1.63. The molecule has 0 fully saturated rings. The topological polar surface area (TPSA) is 69.7 Å². The summed E-state index contributed by atoms with van der Waals surface area (Å²) in [4.78, 5) is 10.9. The van der Waals surface area contributed by atoms with Crippen LogP contribution in [-0.2, 0) is 19.3 Å². The Morgan fingerprint density at radius 2 is 2.09 bits per heavy atom. The number of hydrogen-bond acceptors (Lipinski definition) is 5. The number of rotatable bonds is 5. The first kappa shape index (κ1) is 14.8. The SMILES string of the molecule is Cc1cnc(NCCc2n[nH]c3c2CCCC3)nc1N(C)C. The number of nitrogens with zero attached hydrogens (tertiary/aromatic N) is 4. The molecule has 2 heterocycles. The van der Waals surface area contributed by atoms with E-state index in [1.54, 1.807) is 0 Å². The Hall–Kier alpha value is -2.11. The Labute approximate surface area is 131 Å². The molecule has 0 unspecified atom stereocenters. The maximum Gasteiger partial charge on any atom is 0.224 e. The lowest BCUT2D eigenvalue weighted by molar-refractivity contribution is 0.672. The average molecular weight is 300 g/mol. The Morgan fingerprint density at radius 3 is 2.91 bits per heavy atom. The van der Waals surface area contributed by atoms with Crippen LogP contribution in [0.2, 0.25) is 0 Å². The van der Waals surface area contributed by atoms with Crippen LogP contribution in [-0.4, -0.2) is 40.8 Å². The van der Waals surface area contributed by atoms with Crippen LogP contribution in [0.4, 0.5) is 11.8 Å². The van der Waals surface area contributed by atoms with Crippen LogP contribution in [0.1, 0.15) is 35.4 Å². The third-order valence-corrected chi connectivity index (χ3v) is 4.16. The molecule has 1 aliphatic carbocycles. The molecule has 2 aromatic heterocycles. The van der Waals surface area contributed by atoms with Crippen LogP contribution in [0, 0.1) is 6.92 Å². The van der Waals surface area contributed by atoms with E-state index in [0.29, 0.717) is 5.95 Å². The Kier molecular flexibility index (Phi) is 4.27. The number of nitrogens with one attached hydrogen (secondary N) is 2. The third-order valence-electron chi connectivity index (χ3n) is 4.16. The standard InChI is InChI=1S/C16H24N6/c1-11-10-18-16(19-15(11)22(2)3)17-9-8-14-12-6-4-5-7-13(12)20-21-14/h10H,4-9H2,1-3H3,(H,20,21)(H,17,18,19). The summed E-state index contributed by atoms with van der Waals surface area (Å²) in [6.45, 7) is 2.82. The zero-order valence-corrected chi connectivity index (χ0v) is 13.6. The molecule has 2 N–H and O–H groups in total. The molecule has 0 amide bonds. The van der Waals surface area contributed by atoms with E-state index < -0.39 is 0 Å². The van der Waals surface area contributed by atoms with Crippen LogP contribution >= 0.6 is 0 Å². The van der Waals surface area contributed by atoms with Crippen molar-refractivity contribution < 1.29 is 0 Å². The van der Waals surface area contributed by atoms with Gasteiger partial charge in [0.15, 0.2) is 0 Å². The van der Waals surface area contributed by atoms with Crippen LogP contribution in [0.15, 0.2) is 6.20 Å². The maximum absolute atomic E-state index is 4.55. The summed E-state index contributed by atoms with van der Waals surface area (Å²) in [6, 6.07) is 0. The van der Waals surface area contributed by atoms with Crippen molar-refractivity contribution in [1.82, 2.24) is 20.2 Å². The summed E-state index contributed by atoms with van der Waals surface area (Å²) in [7, 11) is 3.99. The lowest BCUT2D eigenvalue weighted by Crippen LogP contribution is -2.15. The number of aromatic amines is 1. The second-order valence-corrected chi connectivity index (χ2v) is 6.11. The van der Waals surface area contributed by atoms with E-state index in [9.17, 15) is 0 Å². The fraction of sp³-hybridized carbons (Fsp3) is 0.562. The first-order chi connectivity index (χ1) is 10.6. The number of aryl methyl sites for hydroxylation is 2. The van der Waals surface area contributed by atoms with Crippen molar-refractivity contribution in [3.63, 3.8) is 0 Å².